The van der Waals surface area contributed by atoms with Crippen molar-refractivity contribution in [2.24, 2.45) is 28.9 Å². The van der Waals surface area contributed by atoms with Gasteiger partial charge in [-0.25, -0.2) is 0 Å². The smallest absolute Gasteiger partial charge is 0.222 e. The van der Waals surface area contributed by atoms with Crippen molar-refractivity contribution in [3.05, 3.63) is 0 Å². The summed E-state index contributed by atoms with van der Waals surface area (Å²) in [7, 11) is 0. The van der Waals surface area contributed by atoms with E-state index in [0.717, 1.165) is 37.8 Å². The zero-order valence-electron chi connectivity index (χ0n) is 12.8. The Morgan fingerprint density at radius 2 is 2.00 bits per heavy atom. The summed E-state index contributed by atoms with van der Waals surface area (Å²) in [6.07, 6.45) is 7.25. The molecule has 2 saturated carbocycles. The molecule has 3 rings (SSSR count). The van der Waals surface area contributed by atoms with E-state index in [1.165, 1.54) is 25.7 Å². The Labute approximate surface area is 129 Å². The highest BCUT2D eigenvalue weighted by Gasteiger charge is 2.42. The number of carbonyl (C=O) groups is 1. The molecular formula is C16H29ClN2O. The second-order valence-corrected chi connectivity index (χ2v) is 7.84. The van der Waals surface area contributed by atoms with Crippen LogP contribution in [0.2, 0.25) is 0 Å². The third-order valence-corrected chi connectivity index (χ3v) is 5.99. The minimum atomic E-state index is 0. The lowest BCUT2D eigenvalue weighted by Gasteiger charge is -2.43. The number of piperidine rings is 1. The summed E-state index contributed by atoms with van der Waals surface area (Å²) >= 11 is 0. The molecule has 20 heavy (non-hydrogen) atoms. The predicted molar refractivity (Wildman–Crippen MR) is 83.8 cm³/mol. The third-order valence-electron chi connectivity index (χ3n) is 5.99. The molecule has 4 atom stereocenters. The Hall–Kier alpha value is -0.280. The highest BCUT2D eigenvalue weighted by Crippen LogP contribution is 2.49. The Balaban J connectivity index is 0.00000147. The van der Waals surface area contributed by atoms with E-state index in [1.54, 1.807) is 0 Å². The van der Waals surface area contributed by atoms with Gasteiger partial charge in [0.15, 0.2) is 0 Å². The largest absolute Gasteiger partial charge is 0.342 e. The Morgan fingerprint density at radius 1 is 1.25 bits per heavy atom. The van der Waals surface area contributed by atoms with Crippen LogP contribution in [0.5, 0.6) is 0 Å². The Kier molecular flexibility index (Phi) is 4.70. The lowest BCUT2D eigenvalue weighted by molar-refractivity contribution is -0.136. The zero-order valence-corrected chi connectivity index (χ0v) is 13.6. The van der Waals surface area contributed by atoms with Crippen molar-refractivity contribution in [1.82, 2.24) is 4.90 Å². The average molecular weight is 301 g/mol. The second-order valence-electron chi connectivity index (χ2n) is 7.84. The van der Waals surface area contributed by atoms with E-state index in [9.17, 15) is 4.79 Å². The van der Waals surface area contributed by atoms with Gasteiger partial charge in [-0.2, -0.15) is 0 Å². The topological polar surface area (TPSA) is 46.3 Å². The van der Waals surface area contributed by atoms with Gasteiger partial charge in [0.2, 0.25) is 5.91 Å². The molecule has 3 aliphatic rings. The molecule has 3 nitrogen and oxygen atoms in total. The first kappa shape index (κ1) is 16.1. The summed E-state index contributed by atoms with van der Waals surface area (Å²) in [4.78, 5) is 14.6. The maximum Gasteiger partial charge on any atom is 0.222 e. The molecule has 0 aromatic rings. The Morgan fingerprint density at radius 3 is 2.55 bits per heavy atom. The summed E-state index contributed by atoms with van der Waals surface area (Å²) < 4.78 is 0. The first-order chi connectivity index (χ1) is 8.95. The van der Waals surface area contributed by atoms with Crippen LogP contribution in [0.1, 0.15) is 52.4 Å². The standard InChI is InChI=1S/C16H28N2O.ClH/c1-16(2)10-18(6-5-14(16)17)15(19)9-13-8-11-3-4-12(13)7-11;/h11-14H,3-10,17H2,1-2H3;1H. The number of likely N-dealkylation sites (tertiary alicyclic amines) is 1. The molecule has 4 unspecified atom stereocenters. The minimum Gasteiger partial charge on any atom is -0.342 e. The molecule has 0 aromatic carbocycles. The molecule has 116 valence electrons. The number of fused-ring (bicyclic) bond motifs is 2. The average Bonchev–Trinajstić information content (AvgIpc) is 2.94. The molecule has 1 saturated heterocycles. The number of nitrogens with two attached hydrogens (primary N) is 1. The van der Waals surface area contributed by atoms with Crippen molar-refractivity contribution in [3.8, 4) is 0 Å². The zero-order chi connectivity index (χ0) is 13.6. The van der Waals surface area contributed by atoms with Crippen LogP contribution in [0.4, 0.5) is 0 Å². The fraction of sp³-hybridized carbons (Fsp3) is 0.938. The van der Waals surface area contributed by atoms with E-state index in [-0.39, 0.29) is 23.9 Å². The maximum atomic E-state index is 12.5. The summed E-state index contributed by atoms with van der Waals surface area (Å²) in [5.74, 6) is 2.87. The van der Waals surface area contributed by atoms with Gasteiger partial charge in [0.1, 0.15) is 0 Å². The molecule has 2 aliphatic carbocycles. The van der Waals surface area contributed by atoms with Gasteiger partial charge in [-0.15, -0.1) is 12.4 Å². The molecule has 1 aliphatic heterocycles. The van der Waals surface area contributed by atoms with Gasteiger partial charge >= 0.3 is 0 Å². The summed E-state index contributed by atoms with van der Waals surface area (Å²) in [5, 5.41) is 0. The molecule has 0 radical (unpaired) electrons. The van der Waals surface area contributed by atoms with Crippen LogP contribution in [0.25, 0.3) is 0 Å². The minimum absolute atomic E-state index is 0. The summed E-state index contributed by atoms with van der Waals surface area (Å²) in [6.45, 7) is 6.08. The highest BCUT2D eigenvalue weighted by molar-refractivity contribution is 5.85. The molecule has 2 N–H and O–H groups in total. The molecule has 1 amide bonds. The van der Waals surface area contributed by atoms with Crippen molar-refractivity contribution in [3.63, 3.8) is 0 Å². The van der Waals surface area contributed by atoms with Gasteiger partial charge in [-0.05, 0) is 48.9 Å². The van der Waals surface area contributed by atoms with Crippen molar-refractivity contribution in [2.75, 3.05) is 13.1 Å². The van der Waals surface area contributed by atoms with Crippen molar-refractivity contribution < 1.29 is 4.79 Å². The van der Waals surface area contributed by atoms with Gasteiger partial charge in [-0.1, -0.05) is 20.3 Å². The molecular weight excluding hydrogens is 272 g/mol. The number of amides is 1. The lowest BCUT2D eigenvalue weighted by atomic mass is 9.79. The van der Waals surface area contributed by atoms with Crippen LogP contribution in [0.3, 0.4) is 0 Å². The van der Waals surface area contributed by atoms with E-state index < -0.39 is 0 Å². The number of rotatable bonds is 2. The van der Waals surface area contributed by atoms with Crippen molar-refractivity contribution in [2.45, 2.75) is 58.4 Å². The number of hydrogen-bond donors (Lipinski definition) is 1. The first-order valence-electron chi connectivity index (χ1n) is 7.99. The van der Waals surface area contributed by atoms with Crippen LogP contribution in [0.15, 0.2) is 0 Å². The summed E-state index contributed by atoms with van der Waals surface area (Å²) in [5.41, 5.74) is 6.22. The molecule has 3 fully saturated rings. The number of nitrogens with zero attached hydrogens (tertiary/aromatic N) is 1. The normalized spacial score (nSPS) is 38.6. The molecule has 1 heterocycles. The van der Waals surface area contributed by atoms with Crippen LogP contribution in [0, 0.1) is 23.2 Å². The van der Waals surface area contributed by atoms with Crippen LogP contribution in [-0.4, -0.2) is 29.9 Å². The van der Waals surface area contributed by atoms with Crippen LogP contribution >= 0.6 is 12.4 Å². The van der Waals surface area contributed by atoms with Crippen LogP contribution < -0.4 is 5.73 Å². The number of hydrogen-bond acceptors (Lipinski definition) is 2. The van der Waals surface area contributed by atoms with E-state index in [0.29, 0.717) is 11.8 Å². The van der Waals surface area contributed by atoms with E-state index >= 15 is 0 Å². The molecule has 4 heteroatoms. The van der Waals surface area contributed by atoms with Crippen LogP contribution in [-0.2, 0) is 4.79 Å². The SMILES string of the molecule is CC1(C)CN(C(=O)CC2CC3CCC2C3)CCC1N.Cl. The first-order valence-corrected chi connectivity index (χ1v) is 7.99. The second kappa shape index (κ2) is 5.84. The van der Waals surface area contributed by atoms with Crippen molar-refractivity contribution in [1.29, 1.82) is 0 Å². The molecule has 2 bridgehead atoms. The third kappa shape index (κ3) is 2.99. The quantitative estimate of drug-likeness (QED) is 0.852. The fourth-order valence-corrected chi connectivity index (χ4v) is 4.57. The van der Waals surface area contributed by atoms with Gasteiger partial charge in [0, 0.05) is 25.6 Å². The van der Waals surface area contributed by atoms with Gasteiger partial charge in [0.25, 0.3) is 0 Å². The van der Waals surface area contributed by atoms with Crippen molar-refractivity contribution >= 4 is 18.3 Å². The lowest BCUT2D eigenvalue weighted by Crippen LogP contribution is -2.54. The van der Waals surface area contributed by atoms with Gasteiger partial charge in [-0.3, -0.25) is 4.79 Å². The number of halogens is 1. The van der Waals surface area contributed by atoms with Gasteiger partial charge in [0.05, 0.1) is 0 Å². The maximum absolute atomic E-state index is 12.5. The monoisotopic (exact) mass is 300 g/mol. The van der Waals surface area contributed by atoms with E-state index in [4.69, 9.17) is 5.73 Å². The predicted octanol–water partition coefficient (Wildman–Crippen LogP) is 2.82. The fourth-order valence-electron chi connectivity index (χ4n) is 4.57. The highest BCUT2D eigenvalue weighted by atomic mass is 35.5. The van der Waals surface area contributed by atoms with E-state index in [1.807, 2.05) is 0 Å². The molecule has 0 aromatic heterocycles. The Bertz CT molecular complexity index is 371. The molecule has 0 spiro atoms. The number of carbonyl (C=O) groups excluding carboxylic acids is 1. The van der Waals surface area contributed by atoms with E-state index in [2.05, 4.69) is 18.7 Å². The summed E-state index contributed by atoms with van der Waals surface area (Å²) in [6, 6.07) is 0.235. The van der Waals surface area contributed by atoms with Gasteiger partial charge < -0.3 is 10.6 Å².